The van der Waals surface area contributed by atoms with Gasteiger partial charge in [0.05, 0.1) is 6.04 Å². The highest BCUT2D eigenvalue weighted by atomic mass is 32.1. The maximum Gasteiger partial charge on any atom is 0.171 e. The molecule has 0 bridgehead atoms. The van der Waals surface area contributed by atoms with Gasteiger partial charge in [0.25, 0.3) is 0 Å². The summed E-state index contributed by atoms with van der Waals surface area (Å²) in [6.07, 6.45) is 2.64. The second-order valence-electron chi connectivity index (χ2n) is 7.47. The van der Waals surface area contributed by atoms with Crippen molar-refractivity contribution >= 4 is 28.7 Å². The van der Waals surface area contributed by atoms with Crippen LogP contribution in [0, 0.1) is 12.8 Å². The van der Waals surface area contributed by atoms with Gasteiger partial charge >= 0.3 is 0 Å². The average molecular weight is 368 g/mol. The molecule has 26 heavy (non-hydrogen) atoms. The Morgan fingerprint density at radius 1 is 1.19 bits per heavy atom. The van der Waals surface area contributed by atoms with E-state index in [2.05, 4.69) is 72.7 Å². The molecule has 1 heterocycles. The predicted molar refractivity (Wildman–Crippen MR) is 116 cm³/mol. The number of thiocarbonyl (C=S) groups is 1. The molecule has 0 radical (unpaired) electrons. The summed E-state index contributed by atoms with van der Waals surface area (Å²) in [6, 6.07) is 17.3. The number of nitrogens with one attached hydrogen (secondary N) is 2. The number of nitrogens with zero attached hydrogens (tertiary/aromatic N) is 1. The standard InChI is InChI=1S/C22H29N3S/c1-16-6-4-8-20(14-16)24-22(26)23-18(3)19-9-11-21(12-10-19)25-13-5-7-17(2)15-25/h4,6,8-12,14,17-18H,5,7,13,15H2,1-3H3,(H2,23,24,26)/t17-,18+/m0/s1. The van der Waals surface area contributed by atoms with E-state index in [1.807, 2.05) is 12.1 Å². The number of piperidine rings is 1. The number of rotatable bonds is 4. The third kappa shape index (κ3) is 4.98. The van der Waals surface area contributed by atoms with Crippen molar-refractivity contribution in [1.82, 2.24) is 5.32 Å². The molecule has 0 unspecified atom stereocenters. The van der Waals surface area contributed by atoms with Crippen LogP contribution >= 0.6 is 12.2 Å². The Bertz CT molecular complexity index is 741. The van der Waals surface area contributed by atoms with Gasteiger partial charge in [0.1, 0.15) is 0 Å². The molecular formula is C22H29N3S. The Morgan fingerprint density at radius 2 is 1.96 bits per heavy atom. The number of anilines is 2. The third-order valence-corrected chi connectivity index (χ3v) is 5.26. The molecule has 138 valence electrons. The predicted octanol–water partition coefficient (Wildman–Crippen LogP) is 5.28. The second kappa shape index (κ2) is 8.54. The van der Waals surface area contributed by atoms with E-state index in [-0.39, 0.29) is 6.04 Å². The van der Waals surface area contributed by atoms with E-state index in [1.165, 1.54) is 36.2 Å². The highest BCUT2D eigenvalue weighted by Gasteiger charge is 2.17. The summed E-state index contributed by atoms with van der Waals surface area (Å²) in [5.41, 5.74) is 4.80. The van der Waals surface area contributed by atoms with Crippen molar-refractivity contribution < 1.29 is 0 Å². The molecule has 1 aliphatic rings. The Balaban J connectivity index is 1.57. The zero-order chi connectivity index (χ0) is 18.5. The first kappa shape index (κ1) is 18.7. The minimum absolute atomic E-state index is 0.161. The number of aryl methyl sites for hydroxylation is 1. The number of hydrogen-bond donors (Lipinski definition) is 2. The van der Waals surface area contributed by atoms with Crippen LogP contribution in [0.25, 0.3) is 0 Å². The monoisotopic (exact) mass is 367 g/mol. The highest BCUT2D eigenvalue weighted by molar-refractivity contribution is 7.80. The maximum absolute atomic E-state index is 5.47. The Labute approximate surface area is 162 Å². The zero-order valence-electron chi connectivity index (χ0n) is 16.0. The SMILES string of the molecule is Cc1cccc(NC(=S)N[C@H](C)c2ccc(N3CCC[C@H](C)C3)cc2)c1. The quantitative estimate of drug-likeness (QED) is 0.719. The van der Waals surface area contributed by atoms with E-state index in [0.717, 1.165) is 18.2 Å². The zero-order valence-corrected chi connectivity index (χ0v) is 16.8. The van der Waals surface area contributed by atoms with Crippen LogP contribution in [0.15, 0.2) is 48.5 Å². The van der Waals surface area contributed by atoms with Gasteiger partial charge in [-0.15, -0.1) is 0 Å². The largest absolute Gasteiger partial charge is 0.371 e. The van der Waals surface area contributed by atoms with Crippen LogP contribution in [0.3, 0.4) is 0 Å². The summed E-state index contributed by atoms with van der Waals surface area (Å²) in [4.78, 5) is 2.50. The lowest BCUT2D eigenvalue weighted by Gasteiger charge is -2.33. The third-order valence-electron chi connectivity index (χ3n) is 5.04. The summed E-state index contributed by atoms with van der Waals surface area (Å²) in [5.74, 6) is 0.786. The minimum Gasteiger partial charge on any atom is -0.371 e. The maximum atomic E-state index is 5.47. The molecule has 1 fully saturated rings. The van der Waals surface area contributed by atoms with Crippen molar-refractivity contribution in [3.05, 3.63) is 59.7 Å². The molecule has 4 heteroatoms. The topological polar surface area (TPSA) is 27.3 Å². The summed E-state index contributed by atoms with van der Waals surface area (Å²) in [7, 11) is 0. The molecule has 0 spiro atoms. The fourth-order valence-corrected chi connectivity index (χ4v) is 3.86. The molecule has 1 aliphatic heterocycles. The van der Waals surface area contributed by atoms with E-state index in [0.29, 0.717) is 5.11 Å². The molecule has 2 N–H and O–H groups in total. The van der Waals surface area contributed by atoms with Crippen LogP contribution in [0.2, 0.25) is 0 Å². The van der Waals surface area contributed by atoms with Gasteiger partial charge in [0.15, 0.2) is 5.11 Å². The van der Waals surface area contributed by atoms with Crippen LogP contribution in [-0.2, 0) is 0 Å². The van der Waals surface area contributed by atoms with E-state index < -0.39 is 0 Å². The van der Waals surface area contributed by atoms with Crippen molar-refractivity contribution in [2.75, 3.05) is 23.3 Å². The summed E-state index contributed by atoms with van der Waals surface area (Å²) in [5, 5.41) is 7.29. The first-order valence-corrected chi connectivity index (χ1v) is 9.91. The summed E-state index contributed by atoms with van der Waals surface area (Å²) >= 11 is 5.47. The van der Waals surface area contributed by atoms with Gasteiger partial charge in [-0.2, -0.15) is 0 Å². The van der Waals surface area contributed by atoms with Crippen molar-refractivity contribution in [2.24, 2.45) is 5.92 Å². The minimum atomic E-state index is 0.161. The molecule has 2 aromatic rings. The number of benzene rings is 2. The normalized spacial score (nSPS) is 18.3. The molecule has 0 aliphatic carbocycles. The lowest BCUT2D eigenvalue weighted by molar-refractivity contribution is 0.447. The summed E-state index contributed by atoms with van der Waals surface area (Å²) < 4.78 is 0. The van der Waals surface area contributed by atoms with Gasteiger partial charge in [-0.1, -0.05) is 31.2 Å². The van der Waals surface area contributed by atoms with Crippen molar-refractivity contribution in [3.8, 4) is 0 Å². The first-order chi connectivity index (χ1) is 12.5. The molecule has 0 amide bonds. The van der Waals surface area contributed by atoms with Crippen molar-refractivity contribution in [2.45, 2.75) is 39.7 Å². The number of hydrogen-bond acceptors (Lipinski definition) is 2. The lowest BCUT2D eigenvalue weighted by atomic mass is 9.99. The van der Waals surface area contributed by atoms with Gasteiger partial charge in [-0.05, 0) is 80.2 Å². The molecule has 3 nitrogen and oxygen atoms in total. The highest BCUT2D eigenvalue weighted by Crippen LogP contribution is 2.24. The van der Waals surface area contributed by atoms with Crippen LogP contribution in [0.1, 0.15) is 43.9 Å². The van der Waals surface area contributed by atoms with Gasteiger partial charge in [-0.3, -0.25) is 0 Å². The molecular weight excluding hydrogens is 338 g/mol. The van der Waals surface area contributed by atoms with Gasteiger partial charge in [0, 0.05) is 24.5 Å². The summed E-state index contributed by atoms with van der Waals surface area (Å²) in [6.45, 7) is 8.89. The fourth-order valence-electron chi connectivity index (χ4n) is 3.57. The smallest absolute Gasteiger partial charge is 0.171 e. The first-order valence-electron chi connectivity index (χ1n) is 9.50. The molecule has 0 aromatic heterocycles. The van der Waals surface area contributed by atoms with E-state index in [4.69, 9.17) is 12.2 Å². The fraction of sp³-hybridized carbons (Fsp3) is 0.409. The second-order valence-corrected chi connectivity index (χ2v) is 7.88. The van der Waals surface area contributed by atoms with Crippen LogP contribution in [-0.4, -0.2) is 18.2 Å². The lowest BCUT2D eigenvalue weighted by Crippen LogP contribution is -2.34. The molecule has 0 saturated carbocycles. The molecule has 1 saturated heterocycles. The molecule has 2 aromatic carbocycles. The van der Waals surface area contributed by atoms with Crippen LogP contribution < -0.4 is 15.5 Å². The van der Waals surface area contributed by atoms with Crippen LogP contribution in [0.5, 0.6) is 0 Å². The Kier molecular flexibility index (Phi) is 6.15. The van der Waals surface area contributed by atoms with Gasteiger partial charge in [0.2, 0.25) is 0 Å². The van der Waals surface area contributed by atoms with Gasteiger partial charge < -0.3 is 15.5 Å². The van der Waals surface area contributed by atoms with Crippen molar-refractivity contribution in [3.63, 3.8) is 0 Å². The van der Waals surface area contributed by atoms with E-state index in [1.54, 1.807) is 0 Å². The van der Waals surface area contributed by atoms with Crippen LogP contribution in [0.4, 0.5) is 11.4 Å². The molecule has 3 rings (SSSR count). The average Bonchev–Trinajstić information content (AvgIpc) is 2.61. The molecule has 2 atom stereocenters. The Morgan fingerprint density at radius 3 is 2.65 bits per heavy atom. The van der Waals surface area contributed by atoms with E-state index in [9.17, 15) is 0 Å². The Hall–Kier alpha value is -2.07. The van der Waals surface area contributed by atoms with Gasteiger partial charge in [-0.25, -0.2) is 0 Å². The van der Waals surface area contributed by atoms with Crippen molar-refractivity contribution in [1.29, 1.82) is 0 Å². The van der Waals surface area contributed by atoms with E-state index >= 15 is 0 Å².